The van der Waals surface area contributed by atoms with Gasteiger partial charge in [0.05, 0.1) is 16.9 Å². The molecular formula is C35H41N3O10. The van der Waals surface area contributed by atoms with Gasteiger partial charge in [0.25, 0.3) is 0 Å². The number of nitrogens with one attached hydrogen (secondary N) is 1. The van der Waals surface area contributed by atoms with Crippen LogP contribution < -0.4 is 10.1 Å². The molecule has 0 aliphatic carbocycles. The van der Waals surface area contributed by atoms with Crippen molar-refractivity contribution in [3.05, 3.63) is 52.2 Å². The molecule has 256 valence electrons. The van der Waals surface area contributed by atoms with Crippen molar-refractivity contribution in [3.63, 3.8) is 0 Å². The second-order valence-corrected chi connectivity index (χ2v) is 14.1. The highest BCUT2D eigenvalue weighted by molar-refractivity contribution is 5.93. The van der Waals surface area contributed by atoms with E-state index in [2.05, 4.69) is 17.1 Å². The van der Waals surface area contributed by atoms with Crippen molar-refractivity contribution >= 4 is 40.8 Å². The van der Waals surface area contributed by atoms with Gasteiger partial charge in [-0.05, 0) is 84.2 Å². The quantitative estimate of drug-likeness (QED) is 0.190. The summed E-state index contributed by atoms with van der Waals surface area (Å²) < 4.78 is 33.7. The molecule has 4 aliphatic rings. The van der Waals surface area contributed by atoms with Gasteiger partial charge in [0, 0.05) is 28.6 Å². The highest BCUT2D eigenvalue weighted by Crippen LogP contribution is 2.51. The molecule has 0 saturated carbocycles. The second-order valence-electron chi connectivity index (χ2n) is 14.1. The van der Waals surface area contributed by atoms with E-state index in [1.54, 1.807) is 66.7 Å². The van der Waals surface area contributed by atoms with Gasteiger partial charge in [0.15, 0.2) is 6.23 Å². The minimum absolute atomic E-state index is 0.00105. The Kier molecular flexibility index (Phi) is 8.17. The molecule has 4 aliphatic heterocycles. The van der Waals surface area contributed by atoms with E-state index >= 15 is 0 Å². The van der Waals surface area contributed by atoms with Gasteiger partial charge in [0.2, 0.25) is 5.60 Å². The maximum atomic E-state index is 13.5. The summed E-state index contributed by atoms with van der Waals surface area (Å²) in [5, 5.41) is 3.24. The largest absolute Gasteiger partial charge is 0.514 e. The number of rotatable bonds is 6. The van der Waals surface area contributed by atoms with Crippen LogP contribution in [0.5, 0.6) is 5.75 Å². The Balaban J connectivity index is 1.36. The highest BCUT2D eigenvalue weighted by atomic mass is 16.7. The van der Waals surface area contributed by atoms with E-state index in [1.165, 1.54) is 0 Å². The van der Waals surface area contributed by atoms with E-state index in [9.17, 15) is 19.2 Å². The third-order valence-corrected chi connectivity index (χ3v) is 8.43. The average Bonchev–Trinajstić information content (AvgIpc) is 3.71. The van der Waals surface area contributed by atoms with Crippen LogP contribution >= 0.6 is 0 Å². The van der Waals surface area contributed by atoms with Crippen molar-refractivity contribution in [1.29, 1.82) is 0 Å². The number of hydrogen-bond donors (Lipinski definition) is 1. The summed E-state index contributed by atoms with van der Waals surface area (Å²) in [5.74, 6) is -1.18. The van der Waals surface area contributed by atoms with Gasteiger partial charge < -0.3 is 38.6 Å². The number of pyridine rings is 1. The van der Waals surface area contributed by atoms with E-state index in [1.807, 2.05) is 6.08 Å². The van der Waals surface area contributed by atoms with E-state index in [0.29, 0.717) is 29.8 Å². The normalized spacial score (nSPS) is 22.7. The number of aryl methyl sites for hydroxylation is 1. The topological polar surface area (TPSA) is 155 Å². The van der Waals surface area contributed by atoms with Crippen LogP contribution in [0.2, 0.25) is 0 Å². The number of epoxide rings is 1. The first-order chi connectivity index (χ1) is 22.5. The average molecular weight is 664 g/mol. The van der Waals surface area contributed by atoms with Crippen molar-refractivity contribution in [3.8, 4) is 5.75 Å². The molecule has 13 heteroatoms. The molecule has 1 amide bonds. The number of hydrogen-bond acceptors (Lipinski definition) is 12. The minimum Gasteiger partial charge on any atom is -0.458 e. The van der Waals surface area contributed by atoms with Gasteiger partial charge in [0.1, 0.15) is 36.2 Å². The Morgan fingerprint density at radius 2 is 1.81 bits per heavy atom. The van der Waals surface area contributed by atoms with Crippen LogP contribution in [0.4, 0.5) is 9.59 Å². The molecule has 1 N–H and O–H groups in total. The fourth-order valence-electron chi connectivity index (χ4n) is 6.41. The van der Waals surface area contributed by atoms with Crippen molar-refractivity contribution in [2.45, 2.75) is 104 Å². The molecule has 1 aromatic carbocycles. The number of carbonyl (C=O) groups excluding carboxylic acids is 4. The van der Waals surface area contributed by atoms with Crippen LogP contribution in [0.3, 0.4) is 0 Å². The molecule has 1 aromatic heterocycles. The summed E-state index contributed by atoms with van der Waals surface area (Å²) in [4.78, 5) is 58.3. The molecule has 1 fully saturated rings. The molecule has 3 atom stereocenters. The summed E-state index contributed by atoms with van der Waals surface area (Å²) in [5.41, 5.74) is 2.19. The van der Waals surface area contributed by atoms with E-state index < -0.39 is 47.5 Å². The Morgan fingerprint density at radius 3 is 2.48 bits per heavy atom. The van der Waals surface area contributed by atoms with Crippen LogP contribution in [0.1, 0.15) is 78.6 Å². The first kappa shape index (κ1) is 33.3. The molecule has 5 heterocycles. The van der Waals surface area contributed by atoms with Gasteiger partial charge in [-0.25, -0.2) is 19.4 Å². The monoisotopic (exact) mass is 663 g/mol. The maximum Gasteiger partial charge on any atom is 0.514 e. The van der Waals surface area contributed by atoms with Gasteiger partial charge in [-0.1, -0.05) is 13.8 Å². The number of carbonyl (C=O) groups is 4. The molecule has 6 rings (SSSR count). The Hall–Kier alpha value is -4.65. The van der Waals surface area contributed by atoms with Crippen LogP contribution in [0.25, 0.3) is 16.6 Å². The maximum absolute atomic E-state index is 13.5. The van der Waals surface area contributed by atoms with Gasteiger partial charge in [-0.3, -0.25) is 4.79 Å². The van der Waals surface area contributed by atoms with E-state index in [-0.39, 0.29) is 25.4 Å². The third kappa shape index (κ3) is 6.18. The Labute approximate surface area is 278 Å². The molecule has 0 radical (unpaired) electrons. The summed E-state index contributed by atoms with van der Waals surface area (Å²) >= 11 is 0. The molecule has 0 bridgehead atoms. The number of benzene rings is 1. The fraction of sp³-hybridized carbons (Fsp3) is 0.514. The number of nitrogens with zero attached hydrogens (tertiary/aromatic N) is 2. The molecule has 0 spiro atoms. The summed E-state index contributed by atoms with van der Waals surface area (Å²) in [7, 11) is 0. The van der Waals surface area contributed by atoms with Gasteiger partial charge >= 0.3 is 24.2 Å². The Bertz CT molecular complexity index is 1780. The first-order valence-corrected chi connectivity index (χ1v) is 16.1. The molecule has 1 saturated heterocycles. The standard InChI is InChI=1S/C35H41N3O10/c1-9-19-20-13-18(44-32(42)48-34(6,7)8)11-12-24(20)37-27-21(19)16-38-25(27)14-23-22(28-29(38)45-28)17-43-30(40)35(23,10-2)46-26(39)15-36-31(41)47-33(3,4)5/h11-14,28-29H,9-10,15-17H2,1-8H3,(H,36,41)/t28?,29?,35-/m0/s1. The van der Waals surface area contributed by atoms with Crippen molar-refractivity contribution in [2.24, 2.45) is 0 Å². The van der Waals surface area contributed by atoms with Crippen LogP contribution in [-0.2, 0) is 46.2 Å². The molecule has 48 heavy (non-hydrogen) atoms. The number of ether oxygens (including phenoxy) is 6. The zero-order chi connectivity index (χ0) is 34.8. The third-order valence-electron chi connectivity index (χ3n) is 8.43. The molecule has 13 nitrogen and oxygen atoms in total. The zero-order valence-electron chi connectivity index (χ0n) is 28.5. The molecule has 2 unspecified atom stereocenters. The summed E-state index contributed by atoms with van der Waals surface area (Å²) in [6, 6.07) is 5.26. The zero-order valence-corrected chi connectivity index (χ0v) is 28.5. The predicted molar refractivity (Wildman–Crippen MR) is 171 cm³/mol. The highest BCUT2D eigenvalue weighted by Gasteiger charge is 2.59. The van der Waals surface area contributed by atoms with Crippen LogP contribution in [0.15, 0.2) is 35.4 Å². The lowest BCUT2D eigenvalue weighted by atomic mass is 9.83. The minimum atomic E-state index is -1.76. The lowest BCUT2D eigenvalue weighted by molar-refractivity contribution is -0.179. The SMILES string of the molecule is CCc1c2c(nc3ccc(OC(=O)OC(C)(C)C)cc13)C1=CC3=C(COC(=O)[C@@]3(CC)OC(=O)CNC(=O)OC(C)(C)C)C3OC3N1C2. The lowest BCUT2D eigenvalue weighted by Crippen LogP contribution is -2.51. The number of fused-ring (bicyclic) bond motifs is 7. The van der Waals surface area contributed by atoms with E-state index in [4.69, 9.17) is 33.4 Å². The van der Waals surface area contributed by atoms with Crippen LogP contribution in [0, 0.1) is 0 Å². The van der Waals surface area contributed by atoms with E-state index in [0.717, 1.165) is 33.5 Å². The van der Waals surface area contributed by atoms with Gasteiger partial charge in [-0.15, -0.1) is 0 Å². The van der Waals surface area contributed by atoms with Crippen LogP contribution in [-0.4, -0.2) is 76.4 Å². The molecular weight excluding hydrogens is 622 g/mol. The lowest BCUT2D eigenvalue weighted by Gasteiger charge is -2.36. The van der Waals surface area contributed by atoms with Crippen molar-refractivity contribution in [1.82, 2.24) is 15.2 Å². The predicted octanol–water partition coefficient (Wildman–Crippen LogP) is 5.08. The summed E-state index contributed by atoms with van der Waals surface area (Å²) in [6.45, 7) is 14.2. The number of aromatic nitrogens is 1. The second kappa shape index (κ2) is 11.8. The van der Waals surface area contributed by atoms with Gasteiger partial charge in [-0.2, -0.15) is 0 Å². The number of cyclic esters (lactones) is 1. The van der Waals surface area contributed by atoms with Crippen molar-refractivity contribution in [2.75, 3.05) is 13.2 Å². The number of alkyl carbamates (subject to hydrolysis) is 1. The smallest absolute Gasteiger partial charge is 0.458 e. The Morgan fingerprint density at radius 1 is 1.08 bits per heavy atom. The summed E-state index contributed by atoms with van der Waals surface area (Å²) in [6.07, 6.45) is 0.348. The first-order valence-electron chi connectivity index (χ1n) is 16.1. The number of esters is 2. The van der Waals surface area contributed by atoms with Crippen molar-refractivity contribution < 1.29 is 47.6 Å². The molecule has 2 aromatic rings. The fourth-order valence-corrected chi connectivity index (χ4v) is 6.41. The number of amides is 1.